The first-order valence-corrected chi connectivity index (χ1v) is 11.0. The van der Waals surface area contributed by atoms with E-state index in [1.165, 1.54) is 5.56 Å². The molecule has 0 aliphatic carbocycles. The molecular weight excluding hydrogens is 388 g/mol. The van der Waals surface area contributed by atoms with E-state index >= 15 is 0 Å². The standard InChI is InChI=1S/C25H32N4O2/c1-25(2,3)19-8-6-18(7-9-19)24(30)26-20-10-11-22-21(16-20)27-23-17-28(12-5-15-31-4)13-14-29(22)23/h6-11,16H,5,12-15,17H2,1-4H3,(H,26,30). The summed E-state index contributed by atoms with van der Waals surface area (Å²) in [7, 11) is 1.74. The van der Waals surface area contributed by atoms with Crippen molar-refractivity contribution in [3.8, 4) is 0 Å². The number of imidazole rings is 1. The average molecular weight is 421 g/mol. The van der Waals surface area contributed by atoms with Gasteiger partial charge in [0.2, 0.25) is 0 Å². The van der Waals surface area contributed by atoms with Crippen LogP contribution in [0.25, 0.3) is 11.0 Å². The summed E-state index contributed by atoms with van der Waals surface area (Å²) >= 11 is 0. The Hall–Kier alpha value is -2.70. The highest BCUT2D eigenvalue weighted by molar-refractivity contribution is 6.05. The van der Waals surface area contributed by atoms with Gasteiger partial charge in [0, 0.05) is 44.6 Å². The number of carbonyl (C=O) groups excluding carboxylic acids is 1. The van der Waals surface area contributed by atoms with E-state index < -0.39 is 0 Å². The molecule has 1 N–H and O–H groups in total. The van der Waals surface area contributed by atoms with Gasteiger partial charge in [-0.05, 0) is 47.7 Å². The zero-order chi connectivity index (χ0) is 22.0. The number of nitrogens with one attached hydrogen (secondary N) is 1. The number of hydrogen-bond acceptors (Lipinski definition) is 4. The highest BCUT2D eigenvalue weighted by Gasteiger charge is 2.20. The van der Waals surface area contributed by atoms with Crippen LogP contribution in [0.3, 0.4) is 0 Å². The summed E-state index contributed by atoms with van der Waals surface area (Å²) in [5.41, 5.74) is 4.76. The molecule has 4 rings (SSSR count). The summed E-state index contributed by atoms with van der Waals surface area (Å²) in [6.45, 7) is 11.1. The molecule has 0 saturated carbocycles. The predicted octanol–water partition coefficient (Wildman–Crippen LogP) is 4.44. The van der Waals surface area contributed by atoms with Gasteiger partial charge in [-0.2, -0.15) is 0 Å². The van der Waals surface area contributed by atoms with Crippen LogP contribution in [-0.4, -0.2) is 47.2 Å². The van der Waals surface area contributed by atoms with Crippen molar-refractivity contribution in [3.05, 3.63) is 59.4 Å². The molecule has 1 aliphatic rings. The molecule has 0 fully saturated rings. The van der Waals surface area contributed by atoms with Gasteiger partial charge in [0.1, 0.15) is 5.82 Å². The highest BCUT2D eigenvalue weighted by atomic mass is 16.5. The van der Waals surface area contributed by atoms with Crippen molar-refractivity contribution >= 4 is 22.6 Å². The third-order valence-corrected chi connectivity index (χ3v) is 5.93. The molecule has 0 spiro atoms. The maximum Gasteiger partial charge on any atom is 0.255 e. The SMILES string of the molecule is COCCCN1CCn2c(nc3cc(NC(=O)c4ccc(C(C)(C)C)cc4)ccc32)C1. The van der Waals surface area contributed by atoms with E-state index in [4.69, 9.17) is 9.72 Å². The molecular formula is C25H32N4O2. The van der Waals surface area contributed by atoms with Crippen LogP contribution in [-0.2, 0) is 23.2 Å². The molecule has 31 heavy (non-hydrogen) atoms. The molecule has 164 valence electrons. The minimum atomic E-state index is -0.104. The number of benzene rings is 2. The van der Waals surface area contributed by atoms with Crippen molar-refractivity contribution in [2.24, 2.45) is 0 Å². The molecule has 6 heteroatoms. The van der Waals surface area contributed by atoms with E-state index in [1.54, 1.807) is 7.11 Å². The Morgan fingerprint density at radius 3 is 2.61 bits per heavy atom. The molecule has 1 amide bonds. The van der Waals surface area contributed by atoms with E-state index in [9.17, 15) is 4.79 Å². The van der Waals surface area contributed by atoms with Gasteiger partial charge in [0.15, 0.2) is 0 Å². The van der Waals surface area contributed by atoms with Crippen LogP contribution < -0.4 is 5.32 Å². The van der Waals surface area contributed by atoms with Gasteiger partial charge in [-0.1, -0.05) is 32.9 Å². The minimum absolute atomic E-state index is 0.0691. The fourth-order valence-electron chi connectivity index (χ4n) is 4.10. The number of fused-ring (bicyclic) bond motifs is 3. The number of carbonyl (C=O) groups is 1. The number of amides is 1. The molecule has 0 radical (unpaired) electrons. The van der Waals surface area contributed by atoms with Crippen LogP contribution in [0.1, 0.15) is 48.9 Å². The number of nitrogens with zero attached hydrogens (tertiary/aromatic N) is 3. The number of rotatable bonds is 6. The predicted molar refractivity (Wildman–Crippen MR) is 125 cm³/mol. The van der Waals surface area contributed by atoms with Crippen molar-refractivity contribution in [3.63, 3.8) is 0 Å². The second-order valence-electron chi connectivity index (χ2n) is 9.29. The zero-order valence-corrected chi connectivity index (χ0v) is 18.9. The molecule has 3 aromatic rings. The lowest BCUT2D eigenvalue weighted by molar-refractivity contribution is 0.102. The molecule has 2 aromatic carbocycles. The Kier molecular flexibility index (Phi) is 6.12. The first-order chi connectivity index (χ1) is 14.8. The Morgan fingerprint density at radius 2 is 1.90 bits per heavy atom. The summed E-state index contributed by atoms with van der Waals surface area (Å²) in [5.74, 6) is 0.980. The molecule has 0 saturated heterocycles. The van der Waals surface area contributed by atoms with Gasteiger partial charge < -0.3 is 14.6 Å². The van der Waals surface area contributed by atoms with Crippen molar-refractivity contribution in [1.29, 1.82) is 0 Å². The number of anilines is 1. The van der Waals surface area contributed by atoms with Crippen LogP contribution in [0.5, 0.6) is 0 Å². The molecule has 6 nitrogen and oxygen atoms in total. The molecule has 0 atom stereocenters. The third kappa shape index (κ3) is 4.81. The Labute approximate surface area is 184 Å². The zero-order valence-electron chi connectivity index (χ0n) is 18.9. The summed E-state index contributed by atoms with van der Waals surface area (Å²) in [6, 6.07) is 13.8. The van der Waals surface area contributed by atoms with E-state index in [0.29, 0.717) is 5.56 Å². The van der Waals surface area contributed by atoms with Crippen LogP contribution in [0.15, 0.2) is 42.5 Å². The summed E-state index contributed by atoms with van der Waals surface area (Å²) in [4.78, 5) is 20.0. The maximum absolute atomic E-state index is 12.7. The number of hydrogen-bond donors (Lipinski definition) is 1. The van der Waals surface area contributed by atoms with Crippen molar-refractivity contribution in [2.45, 2.75) is 45.7 Å². The molecule has 0 bridgehead atoms. The average Bonchev–Trinajstić information content (AvgIpc) is 3.10. The lowest BCUT2D eigenvalue weighted by atomic mass is 9.87. The second-order valence-corrected chi connectivity index (χ2v) is 9.29. The van der Waals surface area contributed by atoms with E-state index in [2.05, 4.69) is 41.6 Å². The van der Waals surface area contributed by atoms with Gasteiger partial charge in [-0.3, -0.25) is 9.69 Å². The largest absolute Gasteiger partial charge is 0.385 e. The smallest absolute Gasteiger partial charge is 0.255 e. The normalized spacial score (nSPS) is 14.6. The Balaban J connectivity index is 1.47. The van der Waals surface area contributed by atoms with Crippen LogP contribution in [0, 0.1) is 0 Å². The lowest BCUT2D eigenvalue weighted by Gasteiger charge is -2.27. The van der Waals surface area contributed by atoms with E-state index in [1.807, 2.05) is 36.4 Å². The minimum Gasteiger partial charge on any atom is -0.385 e. The van der Waals surface area contributed by atoms with Crippen LogP contribution >= 0.6 is 0 Å². The fraction of sp³-hybridized carbons (Fsp3) is 0.440. The van der Waals surface area contributed by atoms with Crippen LogP contribution in [0.4, 0.5) is 5.69 Å². The molecule has 2 heterocycles. The van der Waals surface area contributed by atoms with Crippen molar-refractivity contribution in [2.75, 3.05) is 32.1 Å². The topological polar surface area (TPSA) is 59.4 Å². The van der Waals surface area contributed by atoms with Gasteiger partial charge in [-0.15, -0.1) is 0 Å². The molecule has 0 unspecified atom stereocenters. The maximum atomic E-state index is 12.7. The summed E-state index contributed by atoms with van der Waals surface area (Å²) in [6.07, 6.45) is 1.03. The Morgan fingerprint density at radius 1 is 1.13 bits per heavy atom. The Bertz CT molecular complexity index is 1060. The second kappa shape index (κ2) is 8.81. The first kappa shape index (κ1) is 21.5. The highest BCUT2D eigenvalue weighted by Crippen LogP contribution is 2.25. The van der Waals surface area contributed by atoms with Gasteiger partial charge in [0.05, 0.1) is 17.6 Å². The lowest BCUT2D eigenvalue weighted by Crippen LogP contribution is -2.34. The van der Waals surface area contributed by atoms with E-state index in [-0.39, 0.29) is 11.3 Å². The van der Waals surface area contributed by atoms with E-state index in [0.717, 1.165) is 61.8 Å². The molecule has 1 aliphatic heterocycles. The monoisotopic (exact) mass is 420 g/mol. The first-order valence-electron chi connectivity index (χ1n) is 11.0. The van der Waals surface area contributed by atoms with Gasteiger partial charge in [0.25, 0.3) is 5.91 Å². The number of ether oxygens (including phenoxy) is 1. The number of aromatic nitrogens is 2. The summed E-state index contributed by atoms with van der Waals surface area (Å²) in [5, 5.41) is 3.02. The van der Waals surface area contributed by atoms with Gasteiger partial charge in [-0.25, -0.2) is 4.98 Å². The van der Waals surface area contributed by atoms with Crippen molar-refractivity contribution < 1.29 is 9.53 Å². The summed E-state index contributed by atoms with van der Waals surface area (Å²) < 4.78 is 7.46. The van der Waals surface area contributed by atoms with Crippen LogP contribution in [0.2, 0.25) is 0 Å². The quantitative estimate of drug-likeness (QED) is 0.599. The van der Waals surface area contributed by atoms with Gasteiger partial charge >= 0.3 is 0 Å². The van der Waals surface area contributed by atoms with Crippen molar-refractivity contribution in [1.82, 2.24) is 14.5 Å². The number of methoxy groups -OCH3 is 1. The fourth-order valence-corrected chi connectivity index (χ4v) is 4.10. The molecule has 1 aromatic heterocycles. The third-order valence-electron chi connectivity index (χ3n) is 5.93.